The van der Waals surface area contributed by atoms with Crippen molar-refractivity contribution < 1.29 is 0 Å². The largest absolute Gasteiger partial charge is 0.308 e. The van der Waals surface area contributed by atoms with Gasteiger partial charge in [-0.05, 0) is 12.8 Å². The summed E-state index contributed by atoms with van der Waals surface area (Å²) < 4.78 is 0. The monoisotopic (exact) mass is 223 g/mol. The Balaban J connectivity index is 4.69. The topological polar surface area (TPSA) is 0 Å². The molecule has 0 heterocycles. The van der Waals surface area contributed by atoms with Gasteiger partial charge in [0, 0.05) is 0 Å². The number of hydrogen-bond acceptors (Lipinski definition) is 0. The first-order valence-electron chi connectivity index (χ1n) is 7.02. The van der Waals surface area contributed by atoms with E-state index < -0.39 is 0 Å². The molecule has 0 N–H and O–H groups in total. The van der Waals surface area contributed by atoms with E-state index >= 15 is 0 Å². The fourth-order valence-corrected chi connectivity index (χ4v) is 3.04. The maximum Gasteiger partial charge on any atom is -0.0352 e. The van der Waals surface area contributed by atoms with Crippen LogP contribution in [0.1, 0.15) is 73.1 Å². The van der Waals surface area contributed by atoms with Crippen molar-refractivity contribution in [2.24, 2.45) is 11.3 Å². The van der Waals surface area contributed by atoms with Crippen molar-refractivity contribution in [3.8, 4) is 0 Å². The van der Waals surface area contributed by atoms with Gasteiger partial charge in [-0.1, -0.05) is 59.5 Å². The Morgan fingerprint density at radius 2 is 1.81 bits per heavy atom. The Kier molecular flexibility index (Phi) is 7.80. The summed E-state index contributed by atoms with van der Waals surface area (Å²) in [6.07, 6.45) is 9.60. The van der Waals surface area contributed by atoms with Crippen LogP contribution in [0.4, 0.5) is 0 Å². The van der Waals surface area contributed by atoms with Gasteiger partial charge in [-0.2, -0.15) is 18.3 Å². The Morgan fingerprint density at radius 1 is 1.25 bits per heavy atom. The van der Waals surface area contributed by atoms with Crippen molar-refractivity contribution in [2.75, 3.05) is 0 Å². The quantitative estimate of drug-likeness (QED) is 0.343. The van der Waals surface area contributed by atoms with Crippen LogP contribution in [-0.2, 0) is 0 Å². The molecule has 16 heavy (non-hydrogen) atoms. The molecule has 0 rings (SSSR count). The summed E-state index contributed by atoms with van der Waals surface area (Å²) in [6, 6.07) is 0. The van der Waals surface area contributed by atoms with Crippen molar-refractivity contribution >= 4 is 0 Å². The highest BCUT2D eigenvalue weighted by atomic mass is 14.4. The van der Waals surface area contributed by atoms with E-state index in [0.717, 1.165) is 12.3 Å². The average Bonchev–Trinajstić information content (AvgIpc) is 2.27. The summed E-state index contributed by atoms with van der Waals surface area (Å²) in [7, 11) is 0. The maximum absolute atomic E-state index is 3.84. The van der Waals surface area contributed by atoms with Crippen molar-refractivity contribution in [3.05, 3.63) is 18.6 Å². The summed E-state index contributed by atoms with van der Waals surface area (Å²) in [5.41, 5.74) is 0.446. The summed E-state index contributed by atoms with van der Waals surface area (Å²) in [5, 5.41) is 0. The highest BCUT2D eigenvalue weighted by Crippen LogP contribution is 2.46. The highest BCUT2D eigenvalue weighted by Gasteiger charge is 2.25. The Labute approximate surface area is 104 Å². The van der Waals surface area contributed by atoms with E-state index in [1.165, 1.54) is 32.1 Å². The first kappa shape index (κ1) is 15.7. The lowest BCUT2D eigenvalue weighted by Gasteiger charge is -2.54. The van der Waals surface area contributed by atoms with Crippen LogP contribution >= 0.6 is 0 Å². The molecule has 0 heteroatoms. The molecule has 2 atom stereocenters. The zero-order chi connectivity index (χ0) is 12.6. The van der Waals surface area contributed by atoms with Crippen molar-refractivity contribution in [3.63, 3.8) is 0 Å². The highest BCUT2D eigenvalue weighted by molar-refractivity contribution is 5.05. The van der Waals surface area contributed by atoms with Gasteiger partial charge in [-0.25, -0.2) is 0 Å². The molecule has 2 unspecified atom stereocenters. The molecule has 96 valence electrons. The van der Waals surface area contributed by atoms with Gasteiger partial charge in [-0.3, -0.25) is 0 Å². The normalized spacial score (nSPS) is 17.1. The summed E-state index contributed by atoms with van der Waals surface area (Å²) in [6.45, 7) is 15.7. The van der Waals surface area contributed by atoms with Gasteiger partial charge in [0.2, 0.25) is 0 Å². The van der Waals surface area contributed by atoms with Crippen LogP contribution in [0.5, 0.6) is 0 Å². The number of hydrogen-bond donors (Lipinski definition) is 0. The Morgan fingerprint density at radius 3 is 2.19 bits per heavy atom. The molecule has 0 aliphatic carbocycles. The molecule has 0 saturated heterocycles. The minimum absolute atomic E-state index is 0.446. The third-order valence-corrected chi connectivity index (χ3v) is 4.32. The fraction of sp³-hybridized carbons (Fsp3) is 0.812. The maximum atomic E-state index is 3.84. The average molecular weight is 223 g/mol. The Hall–Kier alpha value is -0.260. The van der Waals surface area contributed by atoms with E-state index in [-0.39, 0.29) is 0 Å². The summed E-state index contributed by atoms with van der Waals surface area (Å²) in [5.74, 6) is 2.53. The van der Waals surface area contributed by atoms with E-state index in [9.17, 15) is 0 Å². The lowest BCUT2D eigenvalue weighted by molar-refractivity contribution is 0.175. The van der Waals surface area contributed by atoms with Gasteiger partial charge in [0.25, 0.3) is 0 Å². The number of rotatable bonds is 9. The predicted molar refractivity (Wildman–Crippen MR) is 75.4 cm³/mol. The van der Waals surface area contributed by atoms with Crippen LogP contribution in [0.15, 0.2) is 12.7 Å². The van der Waals surface area contributed by atoms with Crippen molar-refractivity contribution in [1.82, 2.24) is 0 Å². The van der Waals surface area contributed by atoms with Crippen LogP contribution in [-0.4, -0.2) is 0 Å². The molecular weight excluding hydrogens is 192 g/mol. The number of allylic oxidation sites excluding steroid dienone is 1. The molecule has 0 fully saturated rings. The van der Waals surface area contributed by atoms with Crippen LogP contribution in [0.2, 0.25) is 0 Å². The zero-order valence-corrected chi connectivity index (χ0v) is 12.1. The molecule has 0 aromatic heterocycles. The molecule has 0 aromatic carbocycles. The predicted octanol–water partition coefficient (Wildman–Crippen LogP) is 5.79. The summed E-state index contributed by atoms with van der Waals surface area (Å²) in [4.78, 5) is 0. The fourth-order valence-electron chi connectivity index (χ4n) is 3.04. The van der Waals surface area contributed by atoms with E-state index in [1.807, 2.05) is 0 Å². The van der Waals surface area contributed by atoms with E-state index in [4.69, 9.17) is 0 Å². The lowest BCUT2D eigenvalue weighted by Crippen LogP contribution is -2.32. The minimum Gasteiger partial charge on any atom is -0.308 e. The molecule has 0 aliphatic heterocycles. The molecule has 0 radical (unpaired) electrons. The molecule has 0 bridgehead atoms. The molecule has 0 nitrogen and oxygen atoms in total. The zero-order valence-electron chi connectivity index (χ0n) is 12.1. The summed E-state index contributed by atoms with van der Waals surface area (Å²) >= 11 is 0. The minimum atomic E-state index is 0.446. The van der Waals surface area contributed by atoms with Crippen molar-refractivity contribution in [2.45, 2.75) is 73.1 Å². The molecule has 0 aliphatic rings. The lowest BCUT2D eigenvalue weighted by atomic mass is 9.63. The SMILES string of the molecule is C=CCCC(C)C(C)(CCC)[C-](CC)CC. The second kappa shape index (κ2) is 7.92. The molecule has 0 aromatic rings. The van der Waals surface area contributed by atoms with Gasteiger partial charge < -0.3 is 5.92 Å². The van der Waals surface area contributed by atoms with Gasteiger partial charge >= 0.3 is 0 Å². The molecular formula is C16H31-. The van der Waals surface area contributed by atoms with E-state index in [0.29, 0.717) is 5.41 Å². The van der Waals surface area contributed by atoms with Gasteiger partial charge in [0.15, 0.2) is 0 Å². The van der Waals surface area contributed by atoms with Crippen LogP contribution in [0.25, 0.3) is 0 Å². The van der Waals surface area contributed by atoms with Crippen LogP contribution in [0.3, 0.4) is 0 Å². The standard InChI is InChI=1S/C16H31/c1-7-11-12-14(5)16(6,13-8-2)15(9-3)10-4/h7,14H,1,8-13H2,2-6H3/q-1. The molecule has 0 saturated carbocycles. The second-order valence-corrected chi connectivity index (χ2v) is 5.25. The van der Waals surface area contributed by atoms with E-state index in [1.54, 1.807) is 5.92 Å². The van der Waals surface area contributed by atoms with Gasteiger partial charge in [0.05, 0.1) is 0 Å². The van der Waals surface area contributed by atoms with Crippen LogP contribution in [0, 0.1) is 17.3 Å². The smallest absolute Gasteiger partial charge is 0.0352 e. The Bertz CT molecular complexity index is 178. The third-order valence-electron chi connectivity index (χ3n) is 4.32. The van der Waals surface area contributed by atoms with Crippen molar-refractivity contribution in [1.29, 1.82) is 0 Å². The first-order chi connectivity index (χ1) is 7.56. The molecule has 0 spiro atoms. The van der Waals surface area contributed by atoms with Gasteiger partial charge in [-0.15, -0.1) is 6.58 Å². The molecule has 0 amide bonds. The van der Waals surface area contributed by atoms with Gasteiger partial charge in [0.1, 0.15) is 0 Å². The second-order valence-electron chi connectivity index (χ2n) is 5.25. The third kappa shape index (κ3) is 3.96. The first-order valence-corrected chi connectivity index (χ1v) is 7.02. The van der Waals surface area contributed by atoms with E-state index in [2.05, 4.69) is 47.3 Å². The van der Waals surface area contributed by atoms with Crippen LogP contribution < -0.4 is 0 Å².